The molecule has 0 aliphatic heterocycles. The van der Waals surface area contributed by atoms with Crippen molar-refractivity contribution in [2.24, 2.45) is 0 Å². The van der Waals surface area contributed by atoms with Crippen molar-refractivity contribution >= 4 is 12.0 Å². The Morgan fingerprint density at radius 2 is 1.54 bits per heavy atom. The first-order valence-corrected chi connectivity index (χ1v) is 15.5. The predicted octanol–water partition coefficient (Wildman–Crippen LogP) is -0.230. The van der Waals surface area contributed by atoms with E-state index in [4.69, 9.17) is 0 Å². The van der Waals surface area contributed by atoms with E-state index in [9.17, 15) is 0 Å². The summed E-state index contributed by atoms with van der Waals surface area (Å²) < 4.78 is 0.813. The van der Waals surface area contributed by atoms with Crippen molar-refractivity contribution in [3.05, 3.63) is 64.2 Å². The topological polar surface area (TPSA) is 0 Å². The average molecular weight is 454 g/mol. The van der Waals surface area contributed by atoms with Crippen LogP contribution in [0.15, 0.2) is 42.0 Å². The molecule has 3 rings (SSSR count). The van der Waals surface area contributed by atoms with Crippen LogP contribution in [-0.4, -0.2) is 5.92 Å². The maximum absolute atomic E-state index is 2.50. The van der Waals surface area contributed by atoms with Crippen molar-refractivity contribution < 1.29 is 47.2 Å². The van der Waals surface area contributed by atoms with Crippen LogP contribution in [0.3, 0.4) is 0 Å². The number of hydrogen-bond donors (Lipinski definition) is 0. The molecule has 0 amide bonds. The van der Waals surface area contributed by atoms with Gasteiger partial charge in [0, 0.05) is 0 Å². The second kappa shape index (κ2) is 8.99. The molecular formula is C20H23Cl2SiZr. The molecule has 2 aromatic carbocycles. The number of allylic oxidation sites excluding steroid dienone is 1. The van der Waals surface area contributed by atoms with Gasteiger partial charge in [-0.25, -0.2) is 0 Å². The molecule has 125 valence electrons. The minimum atomic E-state index is -0.315. The Morgan fingerprint density at radius 3 is 2.12 bits per heavy atom. The third kappa shape index (κ3) is 4.52. The number of hydrogen-bond acceptors (Lipinski definition) is 0. The Balaban J connectivity index is 0.00000144. The number of aryl methyl sites for hydroxylation is 2. The minimum Gasteiger partial charge on any atom is -1.00 e. The normalized spacial score (nSPS) is 15.1. The van der Waals surface area contributed by atoms with Crippen LogP contribution in [0.5, 0.6) is 0 Å². The molecule has 1 atom stereocenters. The van der Waals surface area contributed by atoms with Crippen LogP contribution in [-0.2, 0) is 22.4 Å². The van der Waals surface area contributed by atoms with Gasteiger partial charge in [0.1, 0.15) is 0 Å². The van der Waals surface area contributed by atoms with Gasteiger partial charge in [0.25, 0.3) is 0 Å². The van der Waals surface area contributed by atoms with Gasteiger partial charge in [-0.05, 0) is 0 Å². The molecule has 0 spiro atoms. The second-order valence-electron chi connectivity index (χ2n) is 6.65. The summed E-state index contributed by atoms with van der Waals surface area (Å²) in [5, 5.41) is 0. The van der Waals surface area contributed by atoms with E-state index in [1.54, 1.807) is 11.1 Å². The van der Waals surface area contributed by atoms with E-state index < -0.39 is 0 Å². The molecule has 0 aromatic heterocycles. The summed E-state index contributed by atoms with van der Waals surface area (Å²) in [4.78, 5) is 0. The van der Waals surface area contributed by atoms with Crippen LogP contribution in [0, 0.1) is 13.8 Å². The minimum absolute atomic E-state index is 0. The van der Waals surface area contributed by atoms with Gasteiger partial charge in [-0.2, -0.15) is 0 Å². The maximum atomic E-state index is 2.50. The summed E-state index contributed by atoms with van der Waals surface area (Å²) in [5.74, 6) is -0.0525. The van der Waals surface area contributed by atoms with E-state index in [1.165, 1.54) is 27.8 Å². The summed E-state index contributed by atoms with van der Waals surface area (Å²) in [7, 11) is 0. The fourth-order valence-corrected chi connectivity index (χ4v) is 12.3. The molecule has 1 unspecified atom stereocenters. The molecule has 2 aromatic rings. The number of rotatable bonds is 3. The maximum Gasteiger partial charge on any atom is -1.00 e. The molecular weight excluding hydrogens is 430 g/mol. The Hall–Kier alpha value is -0.140. The molecule has 24 heavy (non-hydrogen) atoms. The standard InChI is InChI=1S/C18H17.C2H6Si.2ClH.Zr/c1-12-7-13(2)10-16(9-12)17-6-4-5-15-8-14(3)11-18(15)17;1-3-2;;;/h4-11H,1-3H3;1-2H3;2*1H;/q;;;;+2/p-2. The molecule has 0 bridgehead atoms. The van der Waals surface area contributed by atoms with Gasteiger partial charge < -0.3 is 24.8 Å². The van der Waals surface area contributed by atoms with E-state index in [2.05, 4.69) is 76.3 Å². The van der Waals surface area contributed by atoms with Crippen molar-refractivity contribution in [1.29, 1.82) is 0 Å². The SMILES string of the molecule is CC1=Cc2c(-c3cc(C)cc(C)c3)cccc2[CH]1[Zr+2][Si](C)C.[Cl-].[Cl-]. The Kier molecular flexibility index (Phi) is 8.20. The Labute approximate surface area is 171 Å². The predicted molar refractivity (Wildman–Crippen MR) is 95.2 cm³/mol. The van der Waals surface area contributed by atoms with Crippen molar-refractivity contribution in [2.45, 2.75) is 37.5 Å². The van der Waals surface area contributed by atoms with E-state index in [1.807, 2.05) is 0 Å². The first-order valence-electron chi connectivity index (χ1n) is 7.92. The summed E-state index contributed by atoms with van der Waals surface area (Å²) >= 11 is -0.315. The molecule has 1 aliphatic rings. The quantitative estimate of drug-likeness (QED) is 0.564. The molecule has 0 saturated carbocycles. The monoisotopic (exact) mass is 451 g/mol. The van der Waals surface area contributed by atoms with Crippen molar-refractivity contribution in [2.75, 3.05) is 0 Å². The van der Waals surface area contributed by atoms with Crippen LogP contribution in [0.1, 0.15) is 32.8 Å². The Bertz CT molecular complexity index is 733. The molecule has 0 nitrogen and oxygen atoms in total. The molecule has 1 aliphatic carbocycles. The largest absolute Gasteiger partial charge is 1.00 e. The summed E-state index contributed by atoms with van der Waals surface area (Å²) in [5.41, 5.74) is 10.2. The molecule has 0 N–H and O–H groups in total. The van der Waals surface area contributed by atoms with Crippen molar-refractivity contribution in [3.8, 4) is 11.1 Å². The van der Waals surface area contributed by atoms with Crippen molar-refractivity contribution in [3.63, 3.8) is 0 Å². The summed E-state index contributed by atoms with van der Waals surface area (Å²) in [6.07, 6.45) is 2.47. The average Bonchev–Trinajstić information content (AvgIpc) is 2.73. The van der Waals surface area contributed by atoms with Gasteiger partial charge in [-0.15, -0.1) is 0 Å². The number of fused-ring (bicyclic) bond motifs is 1. The summed E-state index contributed by atoms with van der Waals surface area (Å²) in [6.45, 7) is 11.7. The van der Waals surface area contributed by atoms with E-state index >= 15 is 0 Å². The second-order valence-corrected chi connectivity index (χ2v) is 19.9. The summed E-state index contributed by atoms with van der Waals surface area (Å²) in [6, 6.07) is 13.9. The van der Waals surface area contributed by atoms with E-state index in [-0.39, 0.29) is 53.1 Å². The molecule has 0 heterocycles. The van der Waals surface area contributed by atoms with Gasteiger partial charge in [-0.1, -0.05) is 0 Å². The molecule has 1 radical (unpaired) electrons. The van der Waals surface area contributed by atoms with Crippen LogP contribution in [0.2, 0.25) is 13.1 Å². The van der Waals surface area contributed by atoms with Gasteiger partial charge in [0.15, 0.2) is 0 Å². The zero-order valence-electron chi connectivity index (χ0n) is 14.9. The van der Waals surface area contributed by atoms with E-state index in [0.717, 1.165) is 3.63 Å². The number of halogens is 2. The first kappa shape index (κ1) is 21.9. The van der Waals surface area contributed by atoms with Gasteiger partial charge in [0.05, 0.1) is 0 Å². The third-order valence-electron chi connectivity index (χ3n) is 4.24. The zero-order valence-corrected chi connectivity index (χ0v) is 19.8. The fraction of sp³-hybridized carbons (Fsp3) is 0.300. The van der Waals surface area contributed by atoms with Crippen LogP contribution in [0.25, 0.3) is 17.2 Å². The molecule has 4 heteroatoms. The first-order chi connectivity index (χ1) is 10.5. The van der Waals surface area contributed by atoms with Gasteiger partial charge in [0.2, 0.25) is 0 Å². The zero-order chi connectivity index (χ0) is 15.9. The van der Waals surface area contributed by atoms with Crippen LogP contribution >= 0.6 is 0 Å². The molecule has 0 fully saturated rings. The van der Waals surface area contributed by atoms with Crippen LogP contribution < -0.4 is 24.8 Å². The van der Waals surface area contributed by atoms with Gasteiger partial charge >= 0.3 is 147 Å². The third-order valence-corrected chi connectivity index (χ3v) is 13.4. The van der Waals surface area contributed by atoms with Crippen molar-refractivity contribution in [1.82, 2.24) is 0 Å². The van der Waals surface area contributed by atoms with Gasteiger partial charge in [-0.3, -0.25) is 0 Å². The fourth-order valence-electron chi connectivity index (χ4n) is 3.41. The van der Waals surface area contributed by atoms with Crippen LogP contribution in [0.4, 0.5) is 0 Å². The molecule has 0 saturated heterocycles. The van der Waals surface area contributed by atoms with E-state index in [0.29, 0.717) is 0 Å². The Morgan fingerprint density at radius 1 is 0.917 bits per heavy atom. The smallest absolute Gasteiger partial charge is 1.00 e. The number of benzene rings is 2.